The Morgan fingerprint density at radius 3 is 2.39 bits per heavy atom. The number of nitrogens with zero attached hydrogens (tertiary/aromatic N) is 5. The molecule has 0 saturated carbocycles. The van der Waals surface area contributed by atoms with Crippen LogP contribution in [0.1, 0.15) is 18.4 Å². The highest BCUT2D eigenvalue weighted by Gasteiger charge is 2.22. The highest BCUT2D eigenvalue weighted by Crippen LogP contribution is 2.23. The lowest BCUT2D eigenvalue weighted by atomic mass is 10.2. The number of rotatable bonds is 8. The van der Waals surface area contributed by atoms with Gasteiger partial charge in [-0.25, -0.2) is 4.68 Å². The molecule has 6 nitrogen and oxygen atoms in total. The van der Waals surface area contributed by atoms with Crippen LogP contribution in [0.15, 0.2) is 85.2 Å². The normalized spacial score (nSPS) is 15.8. The van der Waals surface area contributed by atoms with Gasteiger partial charge in [-0.1, -0.05) is 48.5 Å². The van der Waals surface area contributed by atoms with Gasteiger partial charge >= 0.3 is 0 Å². The van der Waals surface area contributed by atoms with E-state index in [-0.39, 0.29) is 6.10 Å². The molecule has 0 bridgehead atoms. The fourth-order valence-corrected chi connectivity index (χ4v) is 4.57. The predicted molar refractivity (Wildman–Crippen MR) is 131 cm³/mol. The van der Waals surface area contributed by atoms with Gasteiger partial charge in [0.15, 0.2) is 5.82 Å². The minimum absolute atomic E-state index is 0.249. The second kappa shape index (κ2) is 10.2. The summed E-state index contributed by atoms with van der Waals surface area (Å²) in [7, 11) is 0. The second-order valence-corrected chi connectivity index (χ2v) is 8.65. The first-order valence-electron chi connectivity index (χ1n) is 11.3. The molecule has 0 N–H and O–H groups in total. The molecular weight excluding hydrogens is 430 g/mol. The van der Waals surface area contributed by atoms with Crippen LogP contribution in [0.5, 0.6) is 0 Å². The summed E-state index contributed by atoms with van der Waals surface area (Å²) < 4.78 is 10.6. The summed E-state index contributed by atoms with van der Waals surface area (Å²) in [5.74, 6) is 0.811. The highest BCUT2D eigenvalue weighted by atomic mass is 32.1. The molecule has 0 spiro atoms. The summed E-state index contributed by atoms with van der Waals surface area (Å²) in [5, 5.41) is 4.98. The predicted octanol–water partition coefficient (Wildman–Crippen LogP) is 5.10. The number of pyridine rings is 1. The first-order chi connectivity index (χ1) is 16.3. The Bertz CT molecular complexity index is 1220. The summed E-state index contributed by atoms with van der Waals surface area (Å²) in [6, 6.07) is 24.6. The van der Waals surface area contributed by atoms with Gasteiger partial charge in [-0.3, -0.25) is 14.5 Å². The van der Waals surface area contributed by atoms with Crippen LogP contribution in [-0.4, -0.2) is 43.5 Å². The van der Waals surface area contributed by atoms with Gasteiger partial charge in [0.2, 0.25) is 4.77 Å². The van der Waals surface area contributed by atoms with Crippen molar-refractivity contribution in [2.75, 3.05) is 13.2 Å². The van der Waals surface area contributed by atoms with Gasteiger partial charge in [-0.15, -0.1) is 5.10 Å². The molecule has 4 aromatic rings. The van der Waals surface area contributed by atoms with Crippen molar-refractivity contribution in [1.82, 2.24) is 24.2 Å². The van der Waals surface area contributed by atoms with Gasteiger partial charge < -0.3 is 4.74 Å². The summed E-state index contributed by atoms with van der Waals surface area (Å²) in [6.45, 7) is 3.09. The fourth-order valence-electron chi connectivity index (χ4n) is 4.28. The minimum Gasteiger partial charge on any atom is -0.377 e. The van der Waals surface area contributed by atoms with Crippen LogP contribution in [-0.2, 0) is 18.0 Å². The molecule has 1 saturated heterocycles. The number of ether oxygens (including phenoxy) is 1. The molecule has 1 aliphatic rings. The maximum Gasteiger partial charge on any atom is 0.204 e. The van der Waals surface area contributed by atoms with Crippen molar-refractivity contribution < 1.29 is 4.74 Å². The lowest BCUT2D eigenvalue weighted by Crippen LogP contribution is -2.34. The maximum atomic E-state index is 5.95. The van der Waals surface area contributed by atoms with E-state index >= 15 is 0 Å². The summed E-state index contributed by atoms with van der Waals surface area (Å²) in [4.78, 5) is 6.54. The highest BCUT2D eigenvalue weighted by molar-refractivity contribution is 7.71. The second-order valence-electron chi connectivity index (χ2n) is 8.29. The largest absolute Gasteiger partial charge is 0.377 e. The zero-order chi connectivity index (χ0) is 22.5. The molecule has 2 aromatic carbocycles. The smallest absolute Gasteiger partial charge is 0.204 e. The maximum absolute atomic E-state index is 5.95. The quantitative estimate of drug-likeness (QED) is 0.344. The van der Waals surface area contributed by atoms with Crippen LogP contribution in [0, 0.1) is 4.77 Å². The van der Waals surface area contributed by atoms with Crippen molar-refractivity contribution in [3.63, 3.8) is 0 Å². The van der Waals surface area contributed by atoms with Crippen LogP contribution in [0.25, 0.3) is 17.1 Å². The lowest BCUT2D eigenvalue weighted by Gasteiger charge is -2.25. The third kappa shape index (κ3) is 5.11. The first kappa shape index (κ1) is 21.7. The average molecular weight is 458 g/mol. The number of aromatic nitrogens is 4. The van der Waals surface area contributed by atoms with E-state index in [1.54, 1.807) is 12.4 Å². The molecule has 0 amide bonds. The van der Waals surface area contributed by atoms with Gasteiger partial charge in [0, 0.05) is 43.3 Å². The van der Waals surface area contributed by atoms with E-state index in [1.165, 1.54) is 5.56 Å². The van der Waals surface area contributed by atoms with Crippen LogP contribution in [0.3, 0.4) is 0 Å². The molecule has 1 atom stereocenters. The van der Waals surface area contributed by atoms with Crippen molar-refractivity contribution in [3.8, 4) is 17.1 Å². The van der Waals surface area contributed by atoms with Crippen LogP contribution in [0.4, 0.5) is 0 Å². The van der Waals surface area contributed by atoms with E-state index in [2.05, 4.69) is 46.3 Å². The van der Waals surface area contributed by atoms with E-state index in [9.17, 15) is 0 Å². The van der Waals surface area contributed by atoms with E-state index < -0.39 is 0 Å². The molecule has 1 fully saturated rings. The Morgan fingerprint density at radius 1 is 0.970 bits per heavy atom. The molecular formula is C26H27N5OS. The number of hydrogen-bond donors (Lipinski definition) is 0. The summed E-state index contributed by atoms with van der Waals surface area (Å²) in [5.41, 5.74) is 3.24. The molecule has 2 aromatic heterocycles. The van der Waals surface area contributed by atoms with E-state index in [4.69, 9.17) is 22.1 Å². The lowest BCUT2D eigenvalue weighted by molar-refractivity contribution is 0.0567. The molecule has 7 heteroatoms. The molecule has 33 heavy (non-hydrogen) atoms. The standard InChI is InChI=1S/C26H27N5OS/c33-26-30(20-29(19-24-12-7-17-32-24)18-21-8-3-1-4-9-21)28-25(22-13-15-27-16-14-22)31(26)23-10-5-2-6-11-23/h1-6,8-11,13-16,24H,7,12,17-20H2/t24-/m1/s1. The SMILES string of the molecule is S=c1n(CN(Cc2ccccc2)C[C@H]2CCCO2)nc(-c2ccncc2)n1-c1ccccc1. The third-order valence-electron chi connectivity index (χ3n) is 5.86. The van der Waals surface area contributed by atoms with Crippen LogP contribution < -0.4 is 0 Å². The monoisotopic (exact) mass is 457 g/mol. The Morgan fingerprint density at radius 2 is 1.70 bits per heavy atom. The van der Waals surface area contributed by atoms with Crippen LogP contribution in [0.2, 0.25) is 0 Å². The number of benzene rings is 2. The van der Waals surface area contributed by atoms with Crippen molar-refractivity contribution in [2.45, 2.75) is 32.2 Å². The van der Waals surface area contributed by atoms with E-state index in [0.717, 1.165) is 49.6 Å². The number of hydrogen-bond acceptors (Lipinski definition) is 5. The molecule has 168 valence electrons. The molecule has 3 heterocycles. The van der Waals surface area contributed by atoms with Gasteiger partial charge in [0.05, 0.1) is 12.8 Å². The van der Waals surface area contributed by atoms with Gasteiger partial charge in [0.1, 0.15) is 0 Å². The van der Waals surface area contributed by atoms with Crippen molar-refractivity contribution in [3.05, 3.63) is 95.5 Å². The van der Waals surface area contributed by atoms with Crippen LogP contribution >= 0.6 is 12.2 Å². The third-order valence-corrected chi connectivity index (χ3v) is 6.25. The Kier molecular flexibility index (Phi) is 6.71. The molecule has 1 aliphatic heterocycles. The van der Waals surface area contributed by atoms with E-state index in [1.807, 2.05) is 45.6 Å². The summed E-state index contributed by atoms with van der Waals surface area (Å²) in [6.07, 6.45) is 6.03. The minimum atomic E-state index is 0.249. The Labute approximate surface area is 199 Å². The zero-order valence-electron chi connectivity index (χ0n) is 18.5. The fraction of sp³-hybridized carbons (Fsp3) is 0.269. The van der Waals surface area contributed by atoms with Gasteiger partial charge in [0.25, 0.3) is 0 Å². The van der Waals surface area contributed by atoms with Crippen molar-refractivity contribution in [1.29, 1.82) is 0 Å². The molecule has 0 unspecified atom stereocenters. The van der Waals surface area contributed by atoms with Crippen molar-refractivity contribution in [2.24, 2.45) is 0 Å². The van der Waals surface area contributed by atoms with E-state index in [0.29, 0.717) is 11.4 Å². The average Bonchev–Trinajstić information content (AvgIpc) is 3.49. The van der Waals surface area contributed by atoms with Gasteiger partial charge in [-0.05, 0) is 54.9 Å². The van der Waals surface area contributed by atoms with Crippen molar-refractivity contribution >= 4 is 12.2 Å². The topological polar surface area (TPSA) is 48.1 Å². The zero-order valence-corrected chi connectivity index (χ0v) is 19.3. The number of para-hydroxylation sites is 1. The molecule has 0 radical (unpaired) electrons. The Hall–Kier alpha value is -3.13. The first-order valence-corrected chi connectivity index (χ1v) is 11.7. The Balaban J connectivity index is 1.51. The summed E-state index contributed by atoms with van der Waals surface area (Å²) >= 11 is 5.95. The molecule has 0 aliphatic carbocycles. The molecule has 5 rings (SSSR count). The van der Waals surface area contributed by atoms with Gasteiger partial charge in [-0.2, -0.15) is 0 Å².